The predicted octanol–water partition coefficient (Wildman–Crippen LogP) is 4.55. The minimum absolute atomic E-state index is 0.0525. The molecule has 0 bridgehead atoms. The Bertz CT molecular complexity index is 2140. The van der Waals surface area contributed by atoms with Crippen LogP contribution in [0.5, 0.6) is 5.75 Å². The fourth-order valence-corrected chi connectivity index (χ4v) is 7.47. The number of benzene rings is 1. The number of phosphoric acid groups is 1. The first kappa shape index (κ1) is 49.6. The third-order valence-corrected chi connectivity index (χ3v) is 9.94. The van der Waals surface area contributed by atoms with E-state index in [0.717, 1.165) is 0 Å². The molecule has 3 aliphatic heterocycles. The molecule has 0 aliphatic carbocycles. The molecule has 1 aromatic heterocycles. The van der Waals surface area contributed by atoms with Gasteiger partial charge in [-0.1, -0.05) is 0 Å². The molecule has 1 aromatic carbocycles. The number of carbonyl (C=O) groups is 5. The molecule has 24 nitrogen and oxygen atoms in total. The minimum Gasteiger partial charge on any atom is -0.444 e. The Kier molecular flexibility index (Phi) is 15.0. The Labute approximate surface area is 369 Å². The van der Waals surface area contributed by atoms with Crippen LogP contribution in [-0.2, 0) is 53.4 Å². The number of guanidine groups is 1. The molecule has 3 aliphatic rings. The second-order valence-corrected chi connectivity index (χ2v) is 19.9. The van der Waals surface area contributed by atoms with Crippen LogP contribution in [0.4, 0.5) is 20.1 Å². The summed E-state index contributed by atoms with van der Waals surface area (Å²) in [6.07, 6.45) is -4.27. The van der Waals surface area contributed by atoms with Crippen LogP contribution in [0.1, 0.15) is 111 Å². The van der Waals surface area contributed by atoms with Crippen molar-refractivity contribution in [2.45, 2.75) is 149 Å². The first-order chi connectivity index (χ1) is 29.6. The Balaban J connectivity index is 1.21. The van der Waals surface area contributed by atoms with Gasteiger partial charge < -0.3 is 54.6 Å². The lowest BCUT2D eigenvalue weighted by atomic mass is 10.1. The van der Waals surface area contributed by atoms with Crippen molar-refractivity contribution in [2.24, 2.45) is 10.7 Å². The van der Waals surface area contributed by atoms with Gasteiger partial charge in [-0.2, -0.15) is 0 Å². The number of primary amides is 1. The fraction of sp³-hybridized carbons (Fsp3) is 0.641. The van der Waals surface area contributed by atoms with Crippen LogP contribution in [0, 0.1) is 0 Å². The van der Waals surface area contributed by atoms with E-state index in [2.05, 4.69) is 36.3 Å². The number of nitrogens with one attached hydrogen (secondary N) is 4. The summed E-state index contributed by atoms with van der Waals surface area (Å²) >= 11 is 0. The van der Waals surface area contributed by atoms with Gasteiger partial charge in [0.05, 0.1) is 13.2 Å². The van der Waals surface area contributed by atoms with E-state index in [1.165, 1.54) is 23.1 Å². The Morgan fingerprint density at radius 3 is 2.27 bits per heavy atom. The molecule has 2 aromatic rings. The lowest BCUT2D eigenvalue weighted by molar-refractivity contribution is -0.201. The Morgan fingerprint density at radius 2 is 1.62 bits per heavy atom. The number of aromatic nitrogens is 3. The van der Waals surface area contributed by atoms with E-state index in [-0.39, 0.29) is 50.1 Å². The molecule has 2 saturated heterocycles. The molecular formula is C39H58N9O15P. The molecule has 1 unspecified atom stereocenters. The van der Waals surface area contributed by atoms with Gasteiger partial charge in [0.2, 0.25) is 17.7 Å². The van der Waals surface area contributed by atoms with Crippen LogP contribution in [-0.4, -0.2) is 111 Å². The van der Waals surface area contributed by atoms with E-state index >= 15 is 0 Å². The maximum atomic E-state index is 13.7. The van der Waals surface area contributed by atoms with E-state index in [4.69, 9.17) is 47.7 Å². The first-order valence-corrected chi connectivity index (χ1v) is 21.8. The lowest BCUT2D eigenvalue weighted by Crippen LogP contribution is -2.47. The number of aliphatic imine (C=N–C) groups is 1. The molecule has 4 heterocycles. The van der Waals surface area contributed by atoms with Crippen LogP contribution in [0.25, 0.3) is 0 Å². The topological polar surface area (TPSA) is 303 Å². The number of hydrogen-bond donors (Lipinski definition) is 5. The van der Waals surface area contributed by atoms with Crippen molar-refractivity contribution in [3.8, 4) is 5.75 Å². The van der Waals surface area contributed by atoms with Gasteiger partial charge in [-0.25, -0.2) is 28.6 Å². The van der Waals surface area contributed by atoms with Crippen LogP contribution < -0.4 is 31.5 Å². The van der Waals surface area contributed by atoms with Gasteiger partial charge in [-0.05, 0) is 107 Å². The van der Waals surface area contributed by atoms with Crippen molar-refractivity contribution in [3.63, 3.8) is 0 Å². The smallest absolute Gasteiger partial charge is 0.444 e. The zero-order chi connectivity index (χ0) is 47.4. The highest BCUT2D eigenvalue weighted by atomic mass is 31.2. The number of ether oxygens (including phenoxy) is 6. The highest BCUT2D eigenvalue weighted by Gasteiger charge is 2.57. The van der Waals surface area contributed by atoms with Crippen LogP contribution in [0.3, 0.4) is 0 Å². The molecule has 5 amide bonds. The van der Waals surface area contributed by atoms with Crippen molar-refractivity contribution in [1.82, 2.24) is 30.7 Å². The van der Waals surface area contributed by atoms with E-state index in [0.29, 0.717) is 11.3 Å². The summed E-state index contributed by atoms with van der Waals surface area (Å²) in [6, 6.07) is 3.39. The molecule has 25 heteroatoms. The summed E-state index contributed by atoms with van der Waals surface area (Å²) in [4.78, 5) is 70.8. The number of hydrogen-bond acceptors (Lipinski definition) is 17. The minimum atomic E-state index is -4.21. The first-order valence-electron chi connectivity index (χ1n) is 20.4. The molecule has 2 fully saturated rings. The molecule has 5 rings (SSSR count). The summed E-state index contributed by atoms with van der Waals surface area (Å²) in [5, 5.41) is 14.7. The predicted molar refractivity (Wildman–Crippen MR) is 224 cm³/mol. The number of carbonyl (C=O) groups excluding carboxylic acids is 5. The number of anilines is 1. The maximum Gasteiger partial charge on any atom is 0.530 e. The number of nitrogens with two attached hydrogens (primary N) is 1. The summed E-state index contributed by atoms with van der Waals surface area (Å²) in [5.74, 6) is -2.75. The van der Waals surface area contributed by atoms with Gasteiger partial charge in [0.1, 0.15) is 53.2 Å². The molecule has 354 valence electrons. The number of nitrogens with zero attached hydrogens (tertiary/aromatic N) is 4. The second-order valence-electron chi connectivity index (χ2n) is 18.3. The number of phosphoric ester groups is 1. The largest absolute Gasteiger partial charge is 0.530 e. The number of amides is 5. The van der Waals surface area contributed by atoms with E-state index < -0.39 is 91.1 Å². The molecule has 0 saturated carbocycles. The third kappa shape index (κ3) is 14.6. The summed E-state index contributed by atoms with van der Waals surface area (Å²) in [6.45, 7) is 18.0. The maximum absolute atomic E-state index is 13.7. The Morgan fingerprint density at radius 1 is 0.969 bits per heavy atom. The monoisotopic (exact) mass is 923 g/mol. The fourth-order valence-electron chi connectivity index (χ4n) is 6.25. The van der Waals surface area contributed by atoms with Crippen molar-refractivity contribution in [1.29, 1.82) is 0 Å². The number of alkyl carbamates (subject to hydrolysis) is 2. The summed E-state index contributed by atoms with van der Waals surface area (Å²) in [5.41, 5.74) is 3.46. The van der Waals surface area contributed by atoms with Gasteiger partial charge in [0, 0.05) is 17.8 Å². The SMILES string of the molecule is CC(C)(C)OC(=O)/N=C(/NCCC[C@H](NC(=O)OC(C)(C)C)C(=O)Nc1ccc2c(c1)COP(=O)(OC[C@H]1O[C@@H](n3cnc(C(N)=O)n3)[C@@H]3OC(C)(C)O[C@@H]31)O2)NC(=O)OC(C)(C)C. The summed E-state index contributed by atoms with van der Waals surface area (Å²) < 4.78 is 66.1. The van der Waals surface area contributed by atoms with E-state index in [9.17, 15) is 28.5 Å². The number of rotatable bonds is 12. The van der Waals surface area contributed by atoms with Crippen molar-refractivity contribution >= 4 is 49.6 Å². The molecule has 0 radical (unpaired) electrons. The van der Waals surface area contributed by atoms with Gasteiger partial charge >= 0.3 is 26.1 Å². The highest BCUT2D eigenvalue weighted by Crippen LogP contribution is 2.55. The van der Waals surface area contributed by atoms with Gasteiger partial charge in [0.25, 0.3) is 5.91 Å². The average Bonchev–Trinajstić information content (AvgIpc) is 3.83. The molecule has 6 atom stereocenters. The van der Waals surface area contributed by atoms with E-state index in [1.807, 2.05) is 0 Å². The number of fused-ring (bicyclic) bond motifs is 2. The van der Waals surface area contributed by atoms with E-state index in [1.54, 1.807) is 82.2 Å². The zero-order valence-electron chi connectivity index (χ0n) is 37.7. The molecule has 0 spiro atoms. The molecule has 6 N–H and O–H groups in total. The Hall–Kier alpha value is -5.39. The third-order valence-electron chi connectivity index (χ3n) is 8.61. The zero-order valence-corrected chi connectivity index (χ0v) is 38.6. The quantitative estimate of drug-likeness (QED) is 0.0641. The second kappa shape index (κ2) is 19.4. The van der Waals surface area contributed by atoms with Gasteiger partial charge in [0.15, 0.2) is 12.0 Å². The van der Waals surface area contributed by atoms with Crippen molar-refractivity contribution in [2.75, 3.05) is 18.5 Å². The summed E-state index contributed by atoms with van der Waals surface area (Å²) in [7, 11) is -4.21. The van der Waals surface area contributed by atoms with Crippen molar-refractivity contribution < 1.29 is 70.5 Å². The average molecular weight is 924 g/mol. The molecule has 64 heavy (non-hydrogen) atoms. The van der Waals surface area contributed by atoms with Crippen LogP contribution in [0.15, 0.2) is 29.5 Å². The highest BCUT2D eigenvalue weighted by molar-refractivity contribution is 7.49. The van der Waals surface area contributed by atoms with Gasteiger partial charge in [-0.3, -0.25) is 24.0 Å². The lowest BCUT2D eigenvalue weighted by Gasteiger charge is -2.27. The normalized spacial score (nSPS) is 23.4. The molecular weight excluding hydrogens is 865 g/mol. The van der Waals surface area contributed by atoms with Crippen LogP contribution >= 0.6 is 7.82 Å². The van der Waals surface area contributed by atoms with Crippen molar-refractivity contribution in [3.05, 3.63) is 35.9 Å². The van der Waals surface area contributed by atoms with Gasteiger partial charge in [-0.15, -0.1) is 10.1 Å². The standard InChI is InChI=1S/C39H58N9O15P/c1-36(2,3)60-33(51)44-23(13-12-16-41-32(45-34(52)61-37(4,5)6)46-35(53)62-38(7,8)9)30(50)43-22-14-15-24-21(17-22)18-55-64(54,63-24)56-19-25-26-27(59-39(10,11)58-26)31(57-25)48-20-42-29(47-48)28(40)49/h14-15,17,20,23,25-27,31H,12-13,16,18-19H2,1-11H3,(H2,40,49)(H,43,50)(H,44,51)(H2,41,45,46,52,53)/t23-,25+,26+,27+,31+,64?/m0/s1. The van der Waals surface area contributed by atoms with Crippen LogP contribution in [0.2, 0.25) is 0 Å².